The normalized spacial score (nSPS) is 15.1. The highest BCUT2D eigenvalue weighted by atomic mass is 16.5. The molecular formula is C19H30N4O2. The number of benzene rings is 1. The zero-order chi connectivity index (χ0) is 18.1. The number of guanidine groups is 1. The third kappa shape index (κ3) is 7.03. The van der Waals surface area contributed by atoms with Gasteiger partial charge in [-0.25, -0.2) is 4.99 Å². The summed E-state index contributed by atoms with van der Waals surface area (Å²) in [6, 6.07) is 8.45. The first-order valence-corrected chi connectivity index (χ1v) is 8.99. The molecule has 6 heteroatoms. The van der Waals surface area contributed by atoms with Gasteiger partial charge in [0, 0.05) is 20.1 Å². The van der Waals surface area contributed by atoms with E-state index in [0.29, 0.717) is 25.2 Å². The van der Waals surface area contributed by atoms with E-state index in [1.54, 1.807) is 19.0 Å². The van der Waals surface area contributed by atoms with Crippen LogP contribution in [0.2, 0.25) is 0 Å². The number of aliphatic imine (C=N–C) groups is 1. The monoisotopic (exact) mass is 346 g/mol. The van der Waals surface area contributed by atoms with Crippen molar-refractivity contribution in [2.24, 2.45) is 4.99 Å². The van der Waals surface area contributed by atoms with Crippen molar-refractivity contribution >= 4 is 11.9 Å². The quantitative estimate of drug-likeness (QED) is 0.450. The Labute approximate surface area is 150 Å². The molecule has 1 aromatic carbocycles. The number of ether oxygens (including phenoxy) is 1. The molecule has 1 aliphatic carbocycles. The lowest BCUT2D eigenvalue weighted by atomic mass is 10.2. The van der Waals surface area contributed by atoms with Crippen molar-refractivity contribution in [3.63, 3.8) is 0 Å². The average Bonchev–Trinajstić information content (AvgIpc) is 3.10. The summed E-state index contributed by atoms with van der Waals surface area (Å²) in [5.41, 5.74) is 1.21. The predicted octanol–water partition coefficient (Wildman–Crippen LogP) is 1.94. The molecule has 2 N–H and O–H groups in total. The Hall–Kier alpha value is -2.24. The highest BCUT2D eigenvalue weighted by molar-refractivity contribution is 5.84. The molecule has 1 saturated carbocycles. The molecule has 6 nitrogen and oxygen atoms in total. The van der Waals surface area contributed by atoms with Gasteiger partial charge in [0.15, 0.2) is 5.96 Å². The average molecular weight is 346 g/mol. The van der Waals surface area contributed by atoms with Gasteiger partial charge >= 0.3 is 0 Å². The van der Waals surface area contributed by atoms with Crippen LogP contribution in [-0.2, 0) is 4.79 Å². The molecule has 25 heavy (non-hydrogen) atoms. The zero-order valence-corrected chi connectivity index (χ0v) is 15.5. The number of rotatable bonds is 7. The van der Waals surface area contributed by atoms with E-state index < -0.39 is 0 Å². The summed E-state index contributed by atoms with van der Waals surface area (Å²) in [5.74, 6) is 1.54. The second-order valence-corrected chi connectivity index (χ2v) is 6.67. The molecule has 0 spiro atoms. The van der Waals surface area contributed by atoms with Gasteiger partial charge in [-0.05, 0) is 31.9 Å². The summed E-state index contributed by atoms with van der Waals surface area (Å²) in [4.78, 5) is 17.7. The Morgan fingerprint density at radius 2 is 1.92 bits per heavy atom. The molecule has 1 amide bonds. The van der Waals surface area contributed by atoms with E-state index in [1.165, 1.54) is 18.4 Å². The molecule has 0 unspecified atom stereocenters. The standard InChI is InChI=1S/C19H30N4O2/c1-15-8-10-17(11-9-15)25-13-12-20-19(21-14-18(24)23(2)3)22-16-6-4-5-7-16/h8-11,16H,4-7,12-14H2,1-3H3,(H2,20,21,22). The lowest BCUT2D eigenvalue weighted by Crippen LogP contribution is -2.44. The summed E-state index contributed by atoms with van der Waals surface area (Å²) in [7, 11) is 3.48. The van der Waals surface area contributed by atoms with Gasteiger partial charge in [0.1, 0.15) is 18.9 Å². The summed E-state index contributed by atoms with van der Waals surface area (Å²) in [6.45, 7) is 3.37. The first-order chi connectivity index (χ1) is 12.0. The van der Waals surface area contributed by atoms with Crippen molar-refractivity contribution in [3.05, 3.63) is 29.8 Å². The summed E-state index contributed by atoms with van der Waals surface area (Å²) in [6.07, 6.45) is 4.81. The van der Waals surface area contributed by atoms with E-state index in [2.05, 4.69) is 22.5 Å². The SMILES string of the molecule is Cc1ccc(OCCNC(=NCC(=O)N(C)C)NC2CCCC2)cc1. The predicted molar refractivity (Wildman–Crippen MR) is 101 cm³/mol. The minimum atomic E-state index is -0.0107. The third-order valence-electron chi connectivity index (χ3n) is 4.25. The first kappa shape index (κ1) is 19.1. The molecule has 0 bridgehead atoms. The van der Waals surface area contributed by atoms with Gasteiger partial charge in [0.05, 0.1) is 6.54 Å². The van der Waals surface area contributed by atoms with Crippen molar-refractivity contribution < 1.29 is 9.53 Å². The number of nitrogens with one attached hydrogen (secondary N) is 2. The van der Waals surface area contributed by atoms with E-state index in [-0.39, 0.29) is 12.5 Å². The van der Waals surface area contributed by atoms with Crippen LogP contribution in [0.3, 0.4) is 0 Å². The largest absolute Gasteiger partial charge is 0.492 e. The Morgan fingerprint density at radius 3 is 2.56 bits per heavy atom. The molecule has 0 atom stereocenters. The third-order valence-corrected chi connectivity index (χ3v) is 4.25. The van der Waals surface area contributed by atoms with Crippen molar-refractivity contribution in [1.82, 2.24) is 15.5 Å². The van der Waals surface area contributed by atoms with Gasteiger partial charge in [-0.3, -0.25) is 4.79 Å². The van der Waals surface area contributed by atoms with Crippen molar-refractivity contribution in [1.29, 1.82) is 0 Å². The Kier molecular flexibility index (Phi) is 7.57. The Balaban J connectivity index is 1.80. The topological polar surface area (TPSA) is 66.0 Å². The number of hydrogen-bond acceptors (Lipinski definition) is 3. The summed E-state index contributed by atoms with van der Waals surface area (Å²) in [5, 5.41) is 6.69. The zero-order valence-electron chi connectivity index (χ0n) is 15.5. The molecule has 1 aromatic rings. The minimum absolute atomic E-state index is 0.0107. The van der Waals surface area contributed by atoms with E-state index in [0.717, 1.165) is 18.6 Å². The number of hydrogen-bond donors (Lipinski definition) is 2. The fourth-order valence-electron chi connectivity index (χ4n) is 2.68. The molecule has 1 aliphatic rings. The second-order valence-electron chi connectivity index (χ2n) is 6.67. The minimum Gasteiger partial charge on any atom is -0.492 e. The number of carbonyl (C=O) groups excluding carboxylic acids is 1. The molecule has 2 rings (SSSR count). The lowest BCUT2D eigenvalue weighted by molar-refractivity contribution is -0.127. The highest BCUT2D eigenvalue weighted by Crippen LogP contribution is 2.17. The number of amides is 1. The molecular weight excluding hydrogens is 316 g/mol. The lowest BCUT2D eigenvalue weighted by Gasteiger charge is -2.18. The Bertz CT molecular complexity index is 563. The van der Waals surface area contributed by atoms with Crippen molar-refractivity contribution in [2.45, 2.75) is 38.6 Å². The molecule has 138 valence electrons. The Morgan fingerprint density at radius 1 is 1.24 bits per heavy atom. The molecule has 0 heterocycles. The van der Waals surface area contributed by atoms with Crippen LogP contribution in [-0.4, -0.2) is 56.6 Å². The molecule has 0 aromatic heterocycles. The highest BCUT2D eigenvalue weighted by Gasteiger charge is 2.16. The summed E-state index contributed by atoms with van der Waals surface area (Å²) >= 11 is 0. The van der Waals surface area contributed by atoms with E-state index in [9.17, 15) is 4.79 Å². The van der Waals surface area contributed by atoms with Gasteiger partial charge in [-0.1, -0.05) is 30.5 Å². The molecule has 0 radical (unpaired) electrons. The fourth-order valence-corrected chi connectivity index (χ4v) is 2.68. The molecule has 1 fully saturated rings. The van der Waals surface area contributed by atoms with E-state index >= 15 is 0 Å². The van der Waals surface area contributed by atoms with Crippen molar-refractivity contribution in [2.75, 3.05) is 33.8 Å². The second kappa shape index (κ2) is 9.91. The number of carbonyl (C=O) groups is 1. The van der Waals surface area contributed by atoms with Crippen LogP contribution in [0.4, 0.5) is 0 Å². The summed E-state index contributed by atoms with van der Waals surface area (Å²) < 4.78 is 5.72. The van der Waals surface area contributed by atoms with Crippen LogP contribution in [0, 0.1) is 6.92 Å². The van der Waals surface area contributed by atoms with Gasteiger partial charge in [0.2, 0.25) is 5.91 Å². The van der Waals surface area contributed by atoms with E-state index in [4.69, 9.17) is 4.74 Å². The smallest absolute Gasteiger partial charge is 0.243 e. The van der Waals surface area contributed by atoms with Crippen LogP contribution < -0.4 is 15.4 Å². The van der Waals surface area contributed by atoms with Gasteiger partial charge < -0.3 is 20.3 Å². The van der Waals surface area contributed by atoms with Gasteiger partial charge in [-0.2, -0.15) is 0 Å². The molecule has 0 aliphatic heterocycles. The van der Waals surface area contributed by atoms with Gasteiger partial charge in [-0.15, -0.1) is 0 Å². The maximum Gasteiger partial charge on any atom is 0.243 e. The van der Waals surface area contributed by atoms with Crippen LogP contribution in [0.5, 0.6) is 5.75 Å². The maximum atomic E-state index is 11.8. The maximum absolute atomic E-state index is 11.8. The van der Waals surface area contributed by atoms with Crippen LogP contribution in [0.1, 0.15) is 31.2 Å². The molecule has 0 saturated heterocycles. The van der Waals surface area contributed by atoms with Crippen LogP contribution in [0.15, 0.2) is 29.3 Å². The van der Waals surface area contributed by atoms with Crippen molar-refractivity contribution in [3.8, 4) is 5.75 Å². The fraction of sp³-hybridized carbons (Fsp3) is 0.579. The van der Waals surface area contributed by atoms with Crippen LogP contribution >= 0.6 is 0 Å². The van der Waals surface area contributed by atoms with Crippen LogP contribution in [0.25, 0.3) is 0 Å². The first-order valence-electron chi connectivity index (χ1n) is 8.99. The van der Waals surface area contributed by atoms with E-state index in [1.807, 2.05) is 24.3 Å². The number of nitrogens with zero attached hydrogens (tertiary/aromatic N) is 2. The number of aryl methyl sites for hydroxylation is 1. The van der Waals surface area contributed by atoms with Gasteiger partial charge in [0.25, 0.3) is 0 Å². The number of likely N-dealkylation sites (N-methyl/N-ethyl adjacent to an activating group) is 1.